The van der Waals surface area contributed by atoms with E-state index in [9.17, 15) is 19.0 Å². The molecule has 0 spiro atoms. The van der Waals surface area contributed by atoms with Crippen LogP contribution >= 0.6 is 7.82 Å². The fraction of sp³-hybridized carbons (Fsp3) is 0.600. The molecule has 0 radical (unpaired) electrons. The van der Waals surface area contributed by atoms with E-state index in [-0.39, 0.29) is 26.1 Å². The molecule has 0 saturated heterocycles. The van der Waals surface area contributed by atoms with Crippen molar-refractivity contribution in [2.75, 3.05) is 47.5 Å². The monoisotopic (exact) mass is 857 g/mol. The lowest BCUT2D eigenvalue weighted by Crippen LogP contribution is -2.37. The number of phosphoric ester groups is 1. The number of hydrogen-bond donors (Lipinski definition) is 1. The van der Waals surface area contributed by atoms with Crippen LogP contribution in [0.1, 0.15) is 142 Å². The molecule has 0 aliphatic rings. The van der Waals surface area contributed by atoms with Crippen molar-refractivity contribution in [3.05, 3.63) is 109 Å². The smallest absolute Gasteiger partial charge is 0.462 e. The quantitative estimate of drug-likeness (QED) is 0.0214. The third-order valence-corrected chi connectivity index (χ3v) is 9.78. The van der Waals surface area contributed by atoms with Gasteiger partial charge >= 0.3 is 19.8 Å². The summed E-state index contributed by atoms with van der Waals surface area (Å²) in [6.07, 6.45) is 55.8. The zero-order valence-corrected chi connectivity index (χ0v) is 39.0. The van der Waals surface area contributed by atoms with Gasteiger partial charge in [-0.25, -0.2) is 4.57 Å². The second-order valence-corrected chi connectivity index (χ2v) is 17.1. The van der Waals surface area contributed by atoms with Crippen LogP contribution in [0, 0.1) is 0 Å². The molecule has 1 unspecified atom stereocenters. The zero-order valence-electron chi connectivity index (χ0n) is 38.1. The molecule has 0 aromatic carbocycles. The minimum atomic E-state index is -4.41. The minimum Gasteiger partial charge on any atom is -0.462 e. The Morgan fingerprint density at radius 2 is 0.983 bits per heavy atom. The lowest BCUT2D eigenvalue weighted by molar-refractivity contribution is -0.870. The molecule has 0 bridgehead atoms. The molecule has 0 heterocycles. The molecular formula is C50H83NO8P+. The molecule has 60 heavy (non-hydrogen) atoms. The number of rotatable bonds is 39. The van der Waals surface area contributed by atoms with E-state index in [1.54, 1.807) is 0 Å². The van der Waals surface area contributed by atoms with Crippen LogP contribution in [0.4, 0.5) is 0 Å². The first-order valence-electron chi connectivity index (χ1n) is 22.6. The first-order chi connectivity index (χ1) is 29.0. The second-order valence-electron chi connectivity index (χ2n) is 15.7. The van der Waals surface area contributed by atoms with Crippen LogP contribution in [0.5, 0.6) is 0 Å². The van der Waals surface area contributed by atoms with Gasteiger partial charge in [0.05, 0.1) is 27.7 Å². The van der Waals surface area contributed by atoms with E-state index in [4.69, 9.17) is 18.5 Å². The molecule has 0 aromatic heterocycles. The van der Waals surface area contributed by atoms with Crippen LogP contribution in [0.15, 0.2) is 109 Å². The second kappa shape index (κ2) is 41.0. The van der Waals surface area contributed by atoms with Gasteiger partial charge in [0.25, 0.3) is 0 Å². The van der Waals surface area contributed by atoms with Gasteiger partial charge < -0.3 is 18.9 Å². The fourth-order valence-corrected chi connectivity index (χ4v) is 6.02. The maximum Gasteiger partial charge on any atom is 0.472 e. The molecule has 10 heteroatoms. The summed E-state index contributed by atoms with van der Waals surface area (Å²) in [5.41, 5.74) is 0. The number of quaternary nitrogens is 1. The van der Waals surface area contributed by atoms with Crippen LogP contribution in [-0.2, 0) is 32.7 Å². The van der Waals surface area contributed by atoms with Crippen LogP contribution in [-0.4, -0.2) is 74.9 Å². The molecule has 2 atom stereocenters. The Labute approximate surface area is 366 Å². The Balaban J connectivity index is 4.54. The van der Waals surface area contributed by atoms with E-state index < -0.39 is 32.5 Å². The number of carbonyl (C=O) groups is 2. The maximum absolute atomic E-state index is 12.7. The molecule has 0 rings (SSSR count). The van der Waals surface area contributed by atoms with E-state index in [1.807, 2.05) is 33.3 Å². The van der Waals surface area contributed by atoms with Crippen LogP contribution < -0.4 is 0 Å². The molecule has 340 valence electrons. The summed E-state index contributed by atoms with van der Waals surface area (Å²) in [7, 11) is 1.40. The van der Waals surface area contributed by atoms with Crippen molar-refractivity contribution in [2.24, 2.45) is 0 Å². The molecule has 0 fully saturated rings. The molecular weight excluding hydrogens is 774 g/mol. The van der Waals surface area contributed by atoms with Crippen molar-refractivity contribution in [1.29, 1.82) is 0 Å². The van der Waals surface area contributed by atoms with Crippen molar-refractivity contribution in [2.45, 2.75) is 148 Å². The zero-order chi connectivity index (χ0) is 44.3. The topological polar surface area (TPSA) is 108 Å². The van der Waals surface area contributed by atoms with Crippen molar-refractivity contribution >= 4 is 19.8 Å². The van der Waals surface area contributed by atoms with E-state index in [1.165, 1.54) is 25.7 Å². The van der Waals surface area contributed by atoms with Gasteiger partial charge in [-0.1, -0.05) is 149 Å². The molecule has 0 saturated carbocycles. The number of allylic oxidation sites excluding steroid dienone is 18. The van der Waals surface area contributed by atoms with Gasteiger partial charge in [0.2, 0.25) is 0 Å². The molecule has 1 N–H and O–H groups in total. The maximum atomic E-state index is 12.7. The highest BCUT2D eigenvalue weighted by molar-refractivity contribution is 7.47. The average molecular weight is 857 g/mol. The number of esters is 2. The Bertz CT molecular complexity index is 1380. The Hall–Kier alpha value is -3.33. The van der Waals surface area contributed by atoms with Gasteiger partial charge in [0.15, 0.2) is 6.10 Å². The highest BCUT2D eigenvalue weighted by atomic mass is 31.2. The standard InChI is InChI=1S/C50H82NO8P/c1-6-8-10-12-14-16-18-20-22-24-25-27-28-30-32-34-36-38-40-42-49(52)56-46-48(47-58-60(54,55)57-45-44-51(3,4)5)59-50(53)43-41-39-37-35-33-31-29-26-23-21-19-17-15-13-11-9-7-2/h8,10,14-17,20-23,25,27,29-32,36,38,48H,6-7,9,11-13,18-19,24,26,28,33-35,37,39-47H2,1-5H3/p+1/b10-8-,16-14-,17-15-,22-20-,23-21-,27-25-,31-29-,32-30-,38-36-/t48-/m1/s1. The normalized spacial score (nSPS) is 14.6. The SMILES string of the molecule is CC/C=C\C/C=C\C/C=C\C/C=C\C/C=C\C/C=C\CCC(=O)OC[C@H](COP(=O)(O)OCC[N+](C)(C)C)OC(=O)CCCCCC/C=C\C/C=C\C/C=C\CCCCC. The third-order valence-electron chi connectivity index (χ3n) is 8.80. The largest absolute Gasteiger partial charge is 0.472 e. The summed E-state index contributed by atoms with van der Waals surface area (Å²) in [5.74, 6) is -0.934. The first-order valence-corrected chi connectivity index (χ1v) is 24.1. The molecule has 0 amide bonds. The number of nitrogens with zero attached hydrogens (tertiary/aromatic N) is 1. The third kappa shape index (κ3) is 44.2. The Morgan fingerprint density at radius 1 is 0.533 bits per heavy atom. The summed E-state index contributed by atoms with van der Waals surface area (Å²) in [5, 5.41) is 0. The predicted octanol–water partition coefficient (Wildman–Crippen LogP) is 13.1. The summed E-state index contributed by atoms with van der Waals surface area (Å²) in [6.45, 7) is 4.14. The van der Waals surface area contributed by atoms with E-state index in [0.717, 1.165) is 77.0 Å². The molecule has 0 aliphatic heterocycles. The number of unbranched alkanes of at least 4 members (excludes halogenated alkanes) is 7. The molecule has 0 aliphatic carbocycles. The van der Waals surface area contributed by atoms with Crippen LogP contribution in [0.25, 0.3) is 0 Å². The van der Waals surface area contributed by atoms with Crippen LogP contribution in [0.2, 0.25) is 0 Å². The predicted molar refractivity (Wildman–Crippen MR) is 251 cm³/mol. The van der Waals surface area contributed by atoms with Gasteiger partial charge in [-0.3, -0.25) is 18.6 Å². The van der Waals surface area contributed by atoms with Crippen molar-refractivity contribution < 1.29 is 42.1 Å². The number of carbonyl (C=O) groups excluding carboxylic acids is 2. The fourth-order valence-electron chi connectivity index (χ4n) is 5.28. The van der Waals surface area contributed by atoms with Gasteiger partial charge in [-0.15, -0.1) is 0 Å². The van der Waals surface area contributed by atoms with Gasteiger partial charge in [-0.2, -0.15) is 0 Å². The van der Waals surface area contributed by atoms with Gasteiger partial charge in [0.1, 0.15) is 19.8 Å². The first kappa shape index (κ1) is 56.7. The number of ether oxygens (including phenoxy) is 2. The summed E-state index contributed by atoms with van der Waals surface area (Å²) >= 11 is 0. The number of hydrogen-bond acceptors (Lipinski definition) is 7. The Morgan fingerprint density at radius 3 is 1.47 bits per heavy atom. The lowest BCUT2D eigenvalue weighted by Gasteiger charge is -2.24. The van der Waals surface area contributed by atoms with Gasteiger partial charge in [-0.05, 0) is 89.9 Å². The summed E-state index contributed by atoms with van der Waals surface area (Å²) in [4.78, 5) is 35.4. The highest BCUT2D eigenvalue weighted by Crippen LogP contribution is 2.43. The lowest BCUT2D eigenvalue weighted by atomic mass is 10.1. The van der Waals surface area contributed by atoms with E-state index in [2.05, 4.69) is 111 Å². The van der Waals surface area contributed by atoms with Gasteiger partial charge in [0, 0.05) is 12.8 Å². The number of phosphoric acid groups is 1. The van der Waals surface area contributed by atoms with E-state index in [0.29, 0.717) is 23.9 Å². The molecule has 9 nitrogen and oxygen atoms in total. The van der Waals surface area contributed by atoms with Crippen molar-refractivity contribution in [1.82, 2.24) is 0 Å². The minimum absolute atomic E-state index is 0.00921. The van der Waals surface area contributed by atoms with Crippen molar-refractivity contribution in [3.63, 3.8) is 0 Å². The molecule has 0 aromatic rings. The number of likely N-dealkylation sites (N-methyl/N-ethyl adjacent to an activating group) is 1. The summed E-state index contributed by atoms with van der Waals surface area (Å²) in [6, 6.07) is 0. The average Bonchev–Trinajstić information content (AvgIpc) is 3.20. The summed E-state index contributed by atoms with van der Waals surface area (Å²) < 4.78 is 34.2. The Kier molecular flexibility index (Phi) is 38.8. The van der Waals surface area contributed by atoms with Crippen LogP contribution in [0.3, 0.4) is 0 Å². The van der Waals surface area contributed by atoms with E-state index >= 15 is 0 Å². The highest BCUT2D eigenvalue weighted by Gasteiger charge is 2.27. The van der Waals surface area contributed by atoms with Crippen molar-refractivity contribution in [3.8, 4) is 0 Å².